The normalized spacial score (nSPS) is 11.2. The van der Waals surface area contributed by atoms with Gasteiger partial charge in [0.25, 0.3) is 5.91 Å². The molecule has 5 heteroatoms. The Morgan fingerprint density at radius 2 is 1.33 bits per heavy atom. The molecule has 0 radical (unpaired) electrons. The monoisotopic (exact) mass is 364 g/mol. The molecule has 2 rings (SSSR count). The first-order valence-electron chi connectivity index (χ1n) is 8.78. The number of Topliss-reactive ketones (excluding diaryl/α,β-unsaturated/α-hetero) is 1. The summed E-state index contributed by atoms with van der Waals surface area (Å²) >= 11 is 0. The second-order valence-corrected chi connectivity index (χ2v) is 6.68. The van der Waals surface area contributed by atoms with Crippen molar-refractivity contribution < 1.29 is 14.4 Å². The molecule has 5 nitrogen and oxygen atoms in total. The molecule has 0 aliphatic heterocycles. The van der Waals surface area contributed by atoms with E-state index in [1.165, 1.54) is 18.6 Å². The first-order chi connectivity index (χ1) is 12.8. The fourth-order valence-corrected chi connectivity index (χ4v) is 2.41. The molecule has 2 aromatic rings. The lowest BCUT2D eigenvalue weighted by Gasteiger charge is -2.08. The number of rotatable bonds is 6. The molecule has 0 fully saturated rings. The zero-order valence-corrected chi connectivity index (χ0v) is 16.0. The molecule has 0 aliphatic rings. The van der Waals surface area contributed by atoms with Gasteiger partial charge in [0.2, 0.25) is 5.91 Å². The van der Waals surface area contributed by atoms with Crippen LogP contribution in [0.1, 0.15) is 49.5 Å². The largest absolute Gasteiger partial charge is 0.323 e. The molecule has 2 aromatic carbocycles. The van der Waals surface area contributed by atoms with E-state index in [1.807, 2.05) is 24.3 Å². The minimum Gasteiger partial charge on any atom is -0.323 e. The summed E-state index contributed by atoms with van der Waals surface area (Å²) in [4.78, 5) is 35.6. The van der Waals surface area contributed by atoms with E-state index in [9.17, 15) is 14.4 Å². The maximum atomic E-state index is 12.2. The van der Waals surface area contributed by atoms with Crippen LogP contribution in [0.4, 0.5) is 11.4 Å². The summed E-state index contributed by atoms with van der Waals surface area (Å²) < 4.78 is 0. The number of hydrogen-bond donors (Lipinski definition) is 2. The van der Waals surface area contributed by atoms with Crippen LogP contribution in [-0.4, -0.2) is 17.6 Å². The molecule has 0 bridgehead atoms. The number of nitrogens with one attached hydrogen (secondary N) is 2. The van der Waals surface area contributed by atoms with Gasteiger partial charge in [-0.05, 0) is 61.7 Å². The van der Waals surface area contributed by atoms with Crippen LogP contribution in [0.15, 0.2) is 60.2 Å². The summed E-state index contributed by atoms with van der Waals surface area (Å²) in [5.74, 6) is -0.366. The molecule has 0 saturated heterocycles. The highest BCUT2D eigenvalue weighted by Gasteiger charge is 2.08. The molecule has 0 aliphatic carbocycles. The van der Waals surface area contributed by atoms with E-state index in [0.717, 1.165) is 0 Å². The maximum absolute atomic E-state index is 12.2. The standard InChI is InChI=1S/C22H24N2O3/c1-14(2)17-5-9-19(10-6-17)23-21(26)13-15(3)22(27)24-20-11-7-18(8-12-20)16(4)25/h5-14H,1-4H3,(H,23,26)(H,24,27)/b15-13-. The maximum Gasteiger partial charge on any atom is 0.251 e. The molecule has 0 spiro atoms. The first kappa shape index (κ1) is 20.1. The lowest BCUT2D eigenvalue weighted by Crippen LogP contribution is -2.16. The summed E-state index contributed by atoms with van der Waals surface area (Å²) in [6.45, 7) is 7.26. The number of carbonyl (C=O) groups is 3. The fourth-order valence-electron chi connectivity index (χ4n) is 2.41. The van der Waals surface area contributed by atoms with Crippen molar-refractivity contribution in [3.05, 3.63) is 71.3 Å². The highest BCUT2D eigenvalue weighted by Crippen LogP contribution is 2.17. The average Bonchev–Trinajstić information content (AvgIpc) is 2.62. The van der Waals surface area contributed by atoms with Gasteiger partial charge in [-0.25, -0.2) is 0 Å². The van der Waals surface area contributed by atoms with Crippen molar-refractivity contribution in [1.29, 1.82) is 0 Å². The first-order valence-corrected chi connectivity index (χ1v) is 8.78. The van der Waals surface area contributed by atoms with Gasteiger partial charge >= 0.3 is 0 Å². The molecule has 2 amide bonds. The Morgan fingerprint density at radius 1 is 0.815 bits per heavy atom. The Kier molecular flexibility index (Phi) is 6.66. The summed E-state index contributed by atoms with van der Waals surface area (Å²) in [5.41, 5.74) is 3.27. The van der Waals surface area contributed by atoms with Gasteiger partial charge in [0, 0.05) is 28.6 Å². The van der Waals surface area contributed by atoms with E-state index in [2.05, 4.69) is 24.5 Å². The molecule has 0 aromatic heterocycles. The van der Waals surface area contributed by atoms with Crippen molar-refractivity contribution in [2.75, 3.05) is 10.6 Å². The van der Waals surface area contributed by atoms with Gasteiger partial charge < -0.3 is 10.6 Å². The van der Waals surface area contributed by atoms with E-state index in [1.54, 1.807) is 31.2 Å². The van der Waals surface area contributed by atoms with E-state index >= 15 is 0 Å². The Labute approximate surface area is 159 Å². The van der Waals surface area contributed by atoms with Crippen LogP contribution in [-0.2, 0) is 9.59 Å². The molecule has 27 heavy (non-hydrogen) atoms. The number of amides is 2. The van der Waals surface area contributed by atoms with Crippen LogP contribution < -0.4 is 10.6 Å². The topological polar surface area (TPSA) is 75.3 Å². The van der Waals surface area contributed by atoms with Gasteiger partial charge in [0.1, 0.15) is 0 Å². The fraction of sp³-hybridized carbons (Fsp3) is 0.227. The van der Waals surface area contributed by atoms with Gasteiger partial charge in [-0.2, -0.15) is 0 Å². The third kappa shape index (κ3) is 5.92. The molecular weight excluding hydrogens is 340 g/mol. The van der Waals surface area contributed by atoms with Gasteiger partial charge in [-0.15, -0.1) is 0 Å². The number of hydrogen-bond acceptors (Lipinski definition) is 3. The molecule has 0 heterocycles. The summed E-state index contributed by atoms with van der Waals surface area (Å²) in [7, 11) is 0. The molecule has 0 saturated carbocycles. The smallest absolute Gasteiger partial charge is 0.251 e. The predicted octanol–water partition coefficient (Wildman–Crippen LogP) is 4.54. The summed E-state index contributed by atoms with van der Waals surface area (Å²) in [6, 6.07) is 14.2. The van der Waals surface area contributed by atoms with Crippen LogP contribution >= 0.6 is 0 Å². The average molecular weight is 364 g/mol. The zero-order chi connectivity index (χ0) is 20.0. The van der Waals surface area contributed by atoms with Gasteiger partial charge in [0.05, 0.1) is 0 Å². The van der Waals surface area contributed by atoms with Crippen molar-refractivity contribution in [3.63, 3.8) is 0 Å². The van der Waals surface area contributed by atoms with Crippen molar-refractivity contribution in [1.82, 2.24) is 0 Å². The Hall–Kier alpha value is -3.21. The van der Waals surface area contributed by atoms with E-state index in [0.29, 0.717) is 22.9 Å². The molecule has 140 valence electrons. The third-order valence-electron chi connectivity index (χ3n) is 4.10. The van der Waals surface area contributed by atoms with Crippen molar-refractivity contribution in [3.8, 4) is 0 Å². The SMILES string of the molecule is CC(=O)c1ccc(NC(=O)/C(C)=C\C(=O)Nc2ccc(C(C)C)cc2)cc1. The van der Waals surface area contributed by atoms with E-state index in [4.69, 9.17) is 0 Å². The minimum atomic E-state index is -0.379. The second kappa shape index (κ2) is 8.94. The quantitative estimate of drug-likeness (QED) is 0.584. The van der Waals surface area contributed by atoms with Crippen molar-refractivity contribution in [2.45, 2.75) is 33.6 Å². The van der Waals surface area contributed by atoms with Crippen molar-refractivity contribution >= 4 is 29.0 Å². The highest BCUT2D eigenvalue weighted by molar-refractivity contribution is 6.10. The van der Waals surface area contributed by atoms with Crippen LogP contribution in [0.2, 0.25) is 0 Å². The lowest BCUT2D eigenvalue weighted by molar-refractivity contribution is -0.114. The molecule has 2 N–H and O–H groups in total. The number of ketones is 1. The third-order valence-corrected chi connectivity index (χ3v) is 4.10. The zero-order valence-electron chi connectivity index (χ0n) is 16.0. The van der Waals surface area contributed by atoms with E-state index in [-0.39, 0.29) is 23.2 Å². The number of anilines is 2. The predicted molar refractivity (Wildman–Crippen MR) is 108 cm³/mol. The lowest BCUT2D eigenvalue weighted by atomic mass is 10.0. The highest BCUT2D eigenvalue weighted by atomic mass is 16.2. The van der Waals surface area contributed by atoms with Gasteiger partial charge in [-0.1, -0.05) is 26.0 Å². The summed E-state index contributed by atoms with van der Waals surface area (Å²) in [6.07, 6.45) is 1.26. The minimum absolute atomic E-state index is 0.0398. The van der Waals surface area contributed by atoms with Crippen molar-refractivity contribution in [2.24, 2.45) is 0 Å². The Bertz CT molecular complexity index is 863. The van der Waals surface area contributed by atoms with Gasteiger partial charge in [0.15, 0.2) is 5.78 Å². The van der Waals surface area contributed by atoms with Crippen LogP contribution in [0, 0.1) is 0 Å². The summed E-state index contributed by atoms with van der Waals surface area (Å²) in [5, 5.41) is 5.44. The van der Waals surface area contributed by atoms with Crippen LogP contribution in [0.5, 0.6) is 0 Å². The van der Waals surface area contributed by atoms with Gasteiger partial charge in [-0.3, -0.25) is 14.4 Å². The molecule has 0 unspecified atom stereocenters. The van der Waals surface area contributed by atoms with Crippen LogP contribution in [0.3, 0.4) is 0 Å². The second-order valence-electron chi connectivity index (χ2n) is 6.68. The number of benzene rings is 2. The Morgan fingerprint density at radius 3 is 1.85 bits per heavy atom. The molecule has 0 atom stereocenters. The molecular formula is C22H24N2O3. The van der Waals surface area contributed by atoms with E-state index < -0.39 is 0 Å². The van der Waals surface area contributed by atoms with Crippen LogP contribution in [0.25, 0.3) is 0 Å². The Balaban J connectivity index is 1.97. The number of carbonyl (C=O) groups excluding carboxylic acids is 3.